The Morgan fingerprint density at radius 3 is 2.47 bits per heavy atom. The third-order valence-corrected chi connectivity index (χ3v) is 3.16. The number of hydrogen-bond donors (Lipinski definition) is 1. The predicted octanol–water partition coefficient (Wildman–Crippen LogP) is 2.96. The summed E-state index contributed by atoms with van der Waals surface area (Å²) >= 11 is 0. The summed E-state index contributed by atoms with van der Waals surface area (Å²) in [5.74, 6) is -0.178. The summed E-state index contributed by atoms with van der Waals surface area (Å²) in [5, 5.41) is 0. The molecule has 0 unspecified atom stereocenters. The summed E-state index contributed by atoms with van der Waals surface area (Å²) in [4.78, 5) is 2.06. The van der Waals surface area contributed by atoms with Gasteiger partial charge in [-0.2, -0.15) is 0 Å². The van der Waals surface area contributed by atoms with Crippen LogP contribution in [0.15, 0.2) is 48.5 Å². The van der Waals surface area contributed by atoms with Crippen molar-refractivity contribution in [2.75, 3.05) is 18.5 Å². The molecule has 0 saturated heterocycles. The molecule has 2 rings (SSSR count). The summed E-state index contributed by atoms with van der Waals surface area (Å²) in [7, 11) is 1.97. The molecule has 3 heteroatoms. The monoisotopic (exact) mass is 258 g/mol. The summed E-state index contributed by atoms with van der Waals surface area (Å²) in [5.41, 5.74) is 8.38. The van der Waals surface area contributed by atoms with Gasteiger partial charge in [0.05, 0.1) is 0 Å². The maximum absolute atomic E-state index is 13.9. The number of nitrogens with two attached hydrogens (primary N) is 1. The number of anilines is 1. The van der Waals surface area contributed by atoms with Gasteiger partial charge in [0.25, 0.3) is 0 Å². The Balaban J connectivity index is 2.23. The first kappa shape index (κ1) is 13.6. The van der Waals surface area contributed by atoms with E-state index in [-0.39, 0.29) is 5.82 Å². The van der Waals surface area contributed by atoms with Crippen LogP contribution in [0.3, 0.4) is 0 Å². The summed E-state index contributed by atoms with van der Waals surface area (Å²) in [6.07, 6.45) is 0.557. The van der Waals surface area contributed by atoms with Crippen LogP contribution < -0.4 is 10.6 Å². The number of nitrogens with zero attached hydrogens (tertiary/aromatic N) is 1. The van der Waals surface area contributed by atoms with E-state index in [9.17, 15) is 4.39 Å². The van der Waals surface area contributed by atoms with Gasteiger partial charge >= 0.3 is 0 Å². The van der Waals surface area contributed by atoms with E-state index >= 15 is 0 Å². The van der Waals surface area contributed by atoms with Crippen LogP contribution in [0, 0.1) is 5.82 Å². The van der Waals surface area contributed by atoms with Crippen LogP contribution in [0.2, 0.25) is 0 Å². The molecule has 0 saturated carbocycles. The summed E-state index contributed by atoms with van der Waals surface area (Å²) < 4.78 is 13.9. The first-order chi connectivity index (χ1) is 9.22. The first-order valence-corrected chi connectivity index (χ1v) is 6.45. The van der Waals surface area contributed by atoms with Gasteiger partial charge < -0.3 is 10.6 Å². The highest BCUT2D eigenvalue weighted by atomic mass is 19.1. The molecular formula is C16H19FN2. The fourth-order valence-electron chi connectivity index (χ4n) is 2.24. The van der Waals surface area contributed by atoms with Gasteiger partial charge in [-0.25, -0.2) is 4.39 Å². The Hall–Kier alpha value is -1.87. The standard InChI is InChI=1S/C16H19FN2/c1-19(12-13-6-3-2-4-7-13)16-9-5-8-15(17)14(16)10-11-18/h2-9H,10-12,18H2,1H3. The number of benzene rings is 2. The Morgan fingerprint density at radius 2 is 1.79 bits per heavy atom. The summed E-state index contributed by atoms with van der Waals surface area (Å²) in [6.45, 7) is 1.20. The molecule has 19 heavy (non-hydrogen) atoms. The largest absolute Gasteiger partial charge is 0.370 e. The van der Waals surface area contributed by atoms with Crippen molar-refractivity contribution < 1.29 is 4.39 Å². The molecule has 0 radical (unpaired) electrons. The molecule has 2 nitrogen and oxygen atoms in total. The second kappa shape index (κ2) is 6.34. The van der Waals surface area contributed by atoms with Gasteiger partial charge in [-0.3, -0.25) is 0 Å². The fraction of sp³-hybridized carbons (Fsp3) is 0.250. The van der Waals surface area contributed by atoms with E-state index in [0.29, 0.717) is 18.5 Å². The lowest BCUT2D eigenvalue weighted by molar-refractivity contribution is 0.608. The van der Waals surface area contributed by atoms with Gasteiger partial charge in [0.1, 0.15) is 5.82 Å². The molecule has 2 aromatic rings. The van der Waals surface area contributed by atoms with E-state index in [1.165, 1.54) is 11.6 Å². The van der Waals surface area contributed by atoms with Crippen molar-refractivity contribution in [3.8, 4) is 0 Å². The van der Waals surface area contributed by atoms with Crippen LogP contribution in [0.5, 0.6) is 0 Å². The van der Waals surface area contributed by atoms with E-state index in [1.54, 1.807) is 6.07 Å². The van der Waals surface area contributed by atoms with Crippen LogP contribution in [-0.2, 0) is 13.0 Å². The fourth-order valence-corrected chi connectivity index (χ4v) is 2.24. The van der Waals surface area contributed by atoms with Crippen LogP contribution in [0.25, 0.3) is 0 Å². The third kappa shape index (κ3) is 3.32. The molecule has 0 bridgehead atoms. The summed E-state index contributed by atoms with van der Waals surface area (Å²) in [6, 6.07) is 15.3. The van der Waals surface area contributed by atoms with Gasteiger partial charge in [0, 0.05) is 24.8 Å². The minimum Gasteiger partial charge on any atom is -0.370 e. The van der Waals surface area contributed by atoms with Gasteiger partial charge in [-0.15, -0.1) is 0 Å². The molecule has 0 atom stereocenters. The lowest BCUT2D eigenvalue weighted by atomic mass is 10.1. The Bertz CT molecular complexity index is 526. The molecule has 0 spiro atoms. The molecule has 100 valence electrons. The zero-order chi connectivity index (χ0) is 13.7. The highest BCUT2D eigenvalue weighted by Crippen LogP contribution is 2.24. The molecule has 0 fully saturated rings. The molecule has 2 N–H and O–H groups in total. The Kier molecular flexibility index (Phi) is 4.53. The van der Waals surface area contributed by atoms with Crippen molar-refractivity contribution in [2.45, 2.75) is 13.0 Å². The van der Waals surface area contributed by atoms with Crippen LogP contribution in [0.1, 0.15) is 11.1 Å². The SMILES string of the molecule is CN(Cc1ccccc1)c1cccc(F)c1CCN. The molecule has 2 aromatic carbocycles. The molecule has 0 amide bonds. The van der Waals surface area contributed by atoms with Gasteiger partial charge in [0.2, 0.25) is 0 Å². The average Bonchev–Trinajstić information content (AvgIpc) is 2.42. The van der Waals surface area contributed by atoms with Gasteiger partial charge in [0.15, 0.2) is 0 Å². The van der Waals surface area contributed by atoms with Crippen molar-refractivity contribution in [3.63, 3.8) is 0 Å². The van der Waals surface area contributed by atoms with Crippen molar-refractivity contribution in [2.24, 2.45) is 5.73 Å². The Labute approximate surface area is 113 Å². The lowest BCUT2D eigenvalue weighted by Crippen LogP contribution is -2.19. The zero-order valence-electron chi connectivity index (χ0n) is 11.1. The highest BCUT2D eigenvalue weighted by molar-refractivity contribution is 5.54. The minimum absolute atomic E-state index is 0.178. The predicted molar refractivity (Wildman–Crippen MR) is 77.7 cm³/mol. The topological polar surface area (TPSA) is 29.3 Å². The molecule has 0 aliphatic carbocycles. The molecule has 0 aromatic heterocycles. The number of rotatable bonds is 5. The maximum atomic E-state index is 13.9. The molecule has 0 aliphatic heterocycles. The van der Waals surface area contributed by atoms with E-state index in [1.807, 2.05) is 31.3 Å². The van der Waals surface area contributed by atoms with E-state index in [2.05, 4.69) is 17.0 Å². The second-order valence-corrected chi connectivity index (χ2v) is 4.62. The molecule has 0 heterocycles. The quantitative estimate of drug-likeness (QED) is 0.893. The van der Waals surface area contributed by atoms with Crippen molar-refractivity contribution in [1.82, 2.24) is 0 Å². The van der Waals surface area contributed by atoms with Crippen LogP contribution in [0.4, 0.5) is 10.1 Å². The second-order valence-electron chi connectivity index (χ2n) is 4.62. The number of halogens is 1. The minimum atomic E-state index is -0.178. The van der Waals surface area contributed by atoms with E-state index < -0.39 is 0 Å². The maximum Gasteiger partial charge on any atom is 0.128 e. The smallest absolute Gasteiger partial charge is 0.128 e. The average molecular weight is 258 g/mol. The highest BCUT2D eigenvalue weighted by Gasteiger charge is 2.11. The molecular weight excluding hydrogens is 239 g/mol. The van der Waals surface area contributed by atoms with E-state index in [0.717, 1.165) is 12.2 Å². The van der Waals surface area contributed by atoms with Crippen LogP contribution >= 0.6 is 0 Å². The van der Waals surface area contributed by atoms with E-state index in [4.69, 9.17) is 5.73 Å². The first-order valence-electron chi connectivity index (χ1n) is 6.45. The number of hydrogen-bond acceptors (Lipinski definition) is 2. The molecule has 0 aliphatic rings. The van der Waals surface area contributed by atoms with Crippen LogP contribution in [-0.4, -0.2) is 13.6 Å². The van der Waals surface area contributed by atoms with Crippen molar-refractivity contribution in [3.05, 3.63) is 65.5 Å². The third-order valence-electron chi connectivity index (χ3n) is 3.16. The lowest BCUT2D eigenvalue weighted by Gasteiger charge is -2.23. The van der Waals surface area contributed by atoms with Gasteiger partial charge in [-0.05, 0) is 30.7 Å². The zero-order valence-corrected chi connectivity index (χ0v) is 11.1. The van der Waals surface area contributed by atoms with Crippen molar-refractivity contribution >= 4 is 5.69 Å². The Morgan fingerprint density at radius 1 is 1.05 bits per heavy atom. The van der Waals surface area contributed by atoms with Gasteiger partial charge in [-0.1, -0.05) is 36.4 Å². The normalized spacial score (nSPS) is 10.5. The van der Waals surface area contributed by atoms with Crippen molar-refractivity contribution in [1.29, 1.82) is 0 Å².